The van der Waals surface area contributed by atoms with Crippen LogP contribution in [0.5, 0.6) is 0 Å². The molecule has 2 aromatic heterocycles. The van der Waals surface area contributed by atoms with E-state index in [1.165, 1.54) is 24.1 Å². The highest BCUT2D eigenvalue weighted by molar-refractivity contribution is 7.18. The third-order valence-electron chi connectivity index (χ3n) is 4.51. The van der Waals surface area contributed by atoms with E-state index in [1.54, 1.807) is 12.1 Å². The first-order chi connectivity index (χ1) is 13.0. The molecule has 0 spiro atoms. The predicted octanol–water partition coefficient (Wildman–Crippen LogP) is 3.66. The van der Waals surface area contributed by atoms with Gasteiger partial charge in [-0.3, -0.25) is 4.79 Å². The summed E-state index contributed by atoms with van der Waals surface area (Å²) in [7, 11) is 0. The number of rotatable bonds is 4. The number of aryl methyl sites for hydroxylation is 2. The molecule has 0 unspecified atom stereocenters. The fourth-order valence-corrected chi connectivity index (χ4v) is 4.16. The van der Waals surface area contributed by atoms with Crippen LogP contribution in [0.15, 0.2) is 39.5 Å². The Hall–Kier alpha value is -2.93. The summed E-state index contributed by atoms with van der Waals surface area (Å²) in [5.74, 6) is -0.703. The van der Waals surface area contributed by atoms with Gasteiger partial charge in [-0.15, -0.1) is 11.3 Å². The van der Waals surface area contributed by atoms with Gasteiger partial charge in [-0.25, -0.2) is 9.59 Å². The summed E-state index contributed by atoms with van der Waals surface area (Å²) < 4.78 is 10.7. The fourth-order valence-electron chi connectivity index (χ4n) is 3.32. The first-order valence-corrected chi connectivity index (χ1v) is 9.44. The van der Waals surface area contributed by atoms with Crippen LogP contribution in [0.2, 0.25) is 0 Å². The van der Waals surface area contributed by atoms with Crippen LogP contribution in [0.3, 0.4) is 0 Å². The monoisotopic (exact) mass is 383 g/mol. The molecule has 1 N–H and O–H groups in total. The molecular formula is C20H17NO5S. The number of hydrogen-bond acceptors (Lipinski definition) is 6. The molecule has 1 aromatic carbocycles. The number of esters is 1. The predicted molar refractivity (Wildman–Crippen MR) is 102 cm³/mol. The molecule has 1 aliphatic rings. The Morgan fingerprint density at radius 3 is 2.74 bits per heavy atom. The lowest BCUT2D eigenvalue weighted by Crippen LogP contribution is -2.07. The van der Waals surface area contributed by atoms with Gasteiger partial charge < -0.3 is 14.5 Å². The highest BCUT2D eigenvalue weighted by atomic mass is 32.1. The lowest BCUT2D eigenvalue weighted by molar-refractivity contribution is -0.114. The molecule has 0 fully saturated rings. The molecule has 6 nitrogen and oxygen atoms in total. The van der Waals surface area contributed by atoms with Crippen LogP contribution < -0.4 is 10.9 Å². The summed E-state index contributed by atoms with van der Waals surface area (Å²) in [4.78, 5) is 35.6. The van der Waals surface area contributed by atoms with Crippen LogP contribution >= 0.6 is 11.3 Å². The van der Waals surface area contributed by atoms with Crippen molar-refractivity contribution in [2.24, 2.45) is 0 Å². The lowest BCUT2D eigenvalue weighted by atomic mass is 10.0. The van der Waals surface area contributed by atoms with E-state index in [0.29, 0.717) is 21.0 Å². The maximum Gasteiger partial charge on any atom is 0.348 e. The van der Waals surface area contributed by atoms with Gasteiger partial charge in [0.15, 0.2) is 0 Å². The maximum absolute atomic E-state index is 12.3. The number of ether oxygens (including phenoxy) is 1. The van der Waals surface area contributed by atoms with Crippen LogP contribution in [-0.4, -0.2) is 11.9 Å². The standard InChI is InChI=1S/C20H17NO5S/c1-11(22)21-18-6-5-17(27-18)20(24)25-10-14-9-19(23)26-16-8-13-4-2-3-12(13)7-15(14)16/h5-9H,2-4,10H2,1H3,(H,21,22). The summed E-state index contributed by atoms with van der Waals surface area (Å²) in [5, 5.41) is 4.01. The van der Waals surface area contributed by atoms with Crippen molar-refractivity contribution in [1.82, 2.24) is 0 Å². The molecule has 0 aliphatic heterocycles. The Morgan fingerprint density at radius 1 is 1.19 bits per heavy atom. The summed E-state index contributed by atoms with van der Waals surface area (Å²) >= 11 is 1.14. The fraction of sp³-hybridized carbons (Fsp3) is 0.250. The number of benzene rings is 1. The van der Waals surface area contributed by atoms with Crippen molar-refractivity contribution in [3.8, 4) is 0 Å². The van der Waals surface area contributed by atoms with Crippen LogP contribution in [0.25, 0.3) is 11.0 Å². The van der Waals surface area contributed by atoms with Gasteiger partial charge in [0.1, 0.15) is 17.1 Å². The van der Waals surface area contributed by atoms with E-state index < -0.39 is 11.6 Å². The van der Waals surface area contributed by atoms with E-state index in [-0.39, 0.29) is 12.5 Å². The number of amides is 1. The molecule has 0 atom stereocenters. The average molecular weight is 383 g/mol. The summed E-state index contributed by atoms with van der Waals surface area (Å²) in [6, 6.07) is 8.57. The number of hydrogen-bond donors (Lipinski definition) is 1. The van der Waals surface area contributed by atoms with Crippen LogP contribution in [0, 0.1) is 0 Å². The maximum atomic E-state index is 12.3. The molecule has 1 amide bonds. The zero-order valence-electron chi connectivity index (χ0n) is 14.7. The Labute approximate surface area is 158 Å². The van der Waals surface area contributed by atoms with E-state index in [0.717, 1.165) is 36.0 Å². The van der Waals surface area contributed by atoms with Gasteiger partial charge in [-0.1, -0.05) is 0 Å². The van der Waals surface area contributed by atoms with E-state index in [9.17, 15) is 14.4 Å². The second-order valence-electron chi connectivity index (χ2n) is 6.48. The van der Waals surface area contributed by atoms with Gasteiger partial charge >= 0.3 is 11.6 Å². The van der Waals surface area contributed by atoms with Gasteiger partial charge in [-0.2, -0.15) is 0 Å². The molecule has 2 heterocycles. The minimum atomic E-state index is -0.501. The third kappa shape index (κ3) is 3.64. The summed E-state index contributed by atoms with van der Waals surface area (Å²) in [6.45, 7) is 1.38. The van der Waals surface area contributed by atoms with Crippen molar-refractivity contribution in [3.05, 3.63) is 62.3 Å². The van der Waals surface area contributed by atoms with Gasteiger partial charge in [0.2, 0.25) is 5.91 Å². The Balaban J connectivity index is 1.56. The number of fused-ring (bicyclic) bond motifs is 2. The van der Waals surface area contributed by atoms with Crippen LogP contribution in [-0.2, 0) is 29.0 Å². The molecular weight excluding hydrogens is 366 g/mol. The van der Waals surface area contributed by atoms with Crippen molar-refractivity contribution in [1.29, 1.82) is 0 Å². The highest BCUT2D eigenvalue weighted by Gasteiger charge is 2.17. The van der Waals surface area contributed by atoms with E-state index in [2.05, 4.69) is 5.32 Å². The molecule has 4 rings (SSSR count). The average Bonchev–Trinajstić information content (AvgIpc) is 3.25. The number of anilines is 1. The Morgan fingerprint density at radius 2 is 1.96 bits per heavy atom. The smallest absolute Gasteiger partial charge is 0.348 e. The first-order valence-electron chi connectivity index (χ1n) is 8.63. The number of nitrogens with one attached hydrogen (secondary N) is 1. The molecule has 0 saturated heterocycles. The van der Waals surface area contributed by atoms with E-state index in [1.807, 2.05) is 12.1 Å². The van der Waals surface area contributed by atoms with Gasteiger partial charge in [0.25, 0.3) is 0 Å². The van der Waals surface area contributed by atoms with Crippen molar-refractivity contribution < 1.29 is 18.7 Å². The number of carbonyl (C=O) groups is 2. The quantitative estimate of drug-likeness (QED) is 0.549. The second kappa shape index (κ2) is 7.00. The number of thiophene rings is 1. The molecule has 138 valence electrons. The SMILES string of the molecule is CC(=O)Nc1ccc(C(=O)OCc2cc(=O)oc3cc4c(cc23)CCC4)s1. The van der Waals surface area contributed by atoms with Crippen molar-refractivity contribution in [2.75, 3.05) is 5.32 Å². The first kappa shape index (κ1) is 17.5. The third-order valence-corrected chi connectivity index (χ3v) is 5.49. The highest BCUT2D eigenvalue weighted by Crippen LogP contribution is 2.29. The largest absolute Gasteiger partial charge is 0.457 e. The van der Waals surface area contributed by atoms with E-state index >= 15 is 0 Å². The molecule has 0 saturated carbocycles. The zero-order valence-corrected chi connectivity index (χ0v) is 15.5. The minimum absolute atomic E-state index is 0.0207. The minimum Gasteiger partial charge on any atom is -0.457 e. The molecule has 0 bridgehead atoms. The van der Waals surface area contributed by atoms with Gasteiger partial charge in [0.05, 0.1) is 5.00 Å². The topological polar surface area (TPSA) is 85.6 Å². The van der Waals surface area contributed by atoms with E-state index in [4.69, 9.17) is 9.15 Å². The second-order valence-corrected chi connectivity index (χ2v) is 7.57. The molecule has 3 aromatic rings. The van der Waals surface area contributed by atoms with Crippen molar-refractivity contribution in [3.63, 3.8) is 0 Å². The van der Waals surface area contributed by atoms with Crippen molar-refractivity contribution in [2.45, 2.75) is 32.8 Å². The Bertz CT molecular complexity index is 1110. The van der Waals surface area contributed by atoms with Gasteiger partial charge in [-0.05, 0) is 54.7 Å². The van der Waals surface area contributed by atoms with Crippen LogP contribution in [0.4, 0.5) is 5.00 Å². The molecule has 7 heteroatoms. The molecule has 1 aliphatic carbocycles. The normalized spacial score (nSPS) is 12.8. The molecule has 0 radical (unpaired) electrons. The zero-order chi connectivity index (χ0) is 19.0. The summed E-state index contributed by atoms with van der Waals surface area (Å²) in [6.07, 6.45) is 3.09. The number of carbonyl (C=O) groups excluding carboxylic acids is 2. The Kier molecular flexibility index (Phi) is 4.53. The molecule has 27 heavy (non-hydrogen) atoms. The van der Waals surface area contributed by atoms with Crippen LogP contribution in [0.1, 0.15) is 39.7 Å². The lowest BCUT2D eigenvalue weighted by Gasteiger charge is -2.08. The van der Waals surface area contributed by atoms with Gasteiger partial charge in [0, 0.05) is 23.9 Å². The van der Waals surface area contributed by atoms with Crippen molar-refractivity contribution >= 4 is 39.2 Å². The summed E-state index contributed by atoms with van der Waals surface area (Å²) in [5.41, 5.74) is 3.16.